The number of rotatable bonds is 2. The van der Waals surface area contributed by atoms with Crippen LogP contribution < -0.4 is 16.4 Å². The second-order valence-corrected chi connectivity index (χ2v) is 4.46. The predicted molar refractivity (Wildman–Crippen MR) is 64.3 cm³/mol. The lowest BCUT2D eigenvalue weighted by atomic mass is 10.1. The highest BCUT2D eigenvalue weighted by Crippen LogP contribution is 2.23. The van der Waals surface area contributed by atoms with Gasteiger partial charge in [-0.05, 0) is 30.2 Å². The summed E-state index contributed by atoms with van der Waals surface area (Å²) in [7, 11) is 0. The zero-order valence-electron chi connectivity index (χ0n) is 9.39. The number of nitrogens with two attached hydrogens (primary N) is 2. The van der Waals surface area contributed by atoms with Crippen molar-refractivity contribution in [2.75, 3.05) is 18.0 Å². The van der Waals surface area contributed by atoms with Gasteiger partial charge in [-0.25, -0.2) is 0 Å². The van der Waals surface area contributed by atoms with Gasteiger partial charge in [-0.1, -0.05) is 6.92 Å². The van der Waals surface area contributed by atoms with Crippen molar-refractivity contribution in [3.63, 3.8) is 0 Å². The molecule has 1 heterocycles. The summed E-state index contributed by atoms with van der Waals surface area (Å²) in [4.78, 5) is 13.2. The highest BCUT2D eigenvalue weighted by molar-refractivity contribution is 5.93. The normalized spacial score (nSPS) is 24.8. The third-order valence-electron chi connectivity index (χ3n) is 3.19. The van der Waals surface area contributed by atoms with Crippen LogP contribution in [0.15, 0.2) is 24.3 Å². The van der Waals surface area contributed by atoms with Crippen LogP contribution in [0.2, 0.25) is 0 Å². The standard InChI is InChI=1S/C12H17N3O/c1-8-6-15(7-11(8)13)10-4-2-9(3-5-10)12(14)16/h2-5,8,11H,6-7,13H2,1H3,(H2,14,16). The van der Waals surface area contributed by atoms with Crippen LogP contribution in [0.4, 0.5) is 5.69 Å². The summed E-state index contributed by atoms with van der Waals surface area (Å²) in [6, 6.07) is 7.59. The summed E-state index contributed by atoms with van der Waals surface area (Å²) in [5.41, 5.74) is 12.8. The van der Waals surface area contributed by atoms with E-state index in [0.29, 0.717) is 11.5 Å². The van der Waals surface area contributed by atoms with Gasteiger partial charge >= 0.3 is 0 Å². The Morgan fingerprint density at radius 3 is 2.38 bits per heavy atom. The highest BCUT2D eigenvalue weighted by Gasteiger charge is 2.26. The minimum atomic E-state index is -0.391. The first kappa shape index (κ1) is 11.0. The SMILES string of the molecule is CC1CN(c2ccc(C(N)=O)cc2)CC1N. The van der Waals surface area contributed by atoms with Crippen molar-refractivity contribution < 1.29 is 4.79 Å². The molecule has 2 rings (SSSR count). The van der Waals surface area contributed by atoms with Crippen LogP contribution in [0.25, 0.3) is 0 Å². The first-order valence-electron chi connectivity index (χ1n) is 5.48. The molecule has 0 spiro atoms. The Morgan fingerprint density at radius 1 is 1.31 bits per heavy atom. The zero-order chi connectivity index (χ0) is 11.7. The predicted octanol–water partition coefficient (Wildman–Crippen LogP) is 0.569. The van der Waals surface area contributed by atoms with Crippen LogP contribution in [0, 0.1) is 5.92 Å². The fraction of sp³-hybridized carbons (Fsp3) is 0.417. The molecule has 0 radical (unpaired) electrons. The molecule has 4 N–H and O–H groups in total. The van der Waals surface area contributed by atoms with Gasteiger partial charge in [0, 0.05) is 30.4 Å². The number of anilines is 1. The molecule has 0 aliphatic carbocycles. The number of hydrogen-bond donors (Lipinski definition) is 2. The number of carbonyl (C=O) groups is 1. The summed E-state index contributed by atoms with van der Waals surface area (Å²) < 4.78 is 0. The third kappa shape index (κ3) is 2.02. The average molecular weight is 219 g/mol. The third-order valence-corrected chi connectivity index (χ3v) is 3.19. The van der Waals surface area contributed by atoms with E-state index in [4.69, 9.17) is 11.5 Å². The Kier molecular flexibility index (Phi) is 2.83. The molecule has 16 heavy (non-hydrogen) atoms. The molecule has 2 atom stereocenters. The first-order chi connectivity index (χ1) is 7.58. The van der Waals surface area contributed by atoms with Crippen molar-refractivity contribution in [3.8, 4) is 0 Å². The zero-order valence-corrected chi connectivity index (χ0v) is 9.39. The summed E-state index contributed by atoms with van der Waals surface area (Å²) in [6.07, 6.45) is 0. The van der Waals surface area contributed by atoms with Crippen molar-refractivity contribution in [3.05, 3.63) is 29.8 Å². The van der Waals surface area contributed by atoms with Crippen molar-refractivity contribution in [2.24, 2.45) is 17.4 Å². The Balaban J connectivity index is 2.14. The number of benzene rings is 1. The van der Waals surface area contributed by atoms with Gasteiger partial charge < -0.3 is 16.4 Å². The summed E-state index contributed by atoms with van der Waals surface area (Å²) in [5, 5.41) is 0. The van der Waals surface area contributed by atoms with Gasteiger partial charge in [0.25, 0.3) is 0 Å². The lowest BCUT2D eigenvalue weighted by molar-refractivity contribution is 0.100. The smallest absolute Gasteiger partial charge is 0.248 e. The highest BCUT2D eigenvalue weighted by atomic mass is 16.1. The van der Waals surface area contributed by atoms with Crippen molar-refractivity contribution >= 4 is 11.6 Å². The van der Waals surface area contributed by atoms with E-state index < -0.39 is 5.91 Å². The van der Waals surface area contributed by atoms with Crippen molar-refractivity contribution in [1.29, 1.82) is 0 Å². The Bertz CT molecular complexity index is 378. The van der Waals surface area contributed by atoms with Crippen LogP contribution >= 0.6 is 0 Å². The van der Waals surface area contributed by atoms with Crippen molar-refractivity contribution in [1.82, 2.24) is 0 Å². The number of primary amides is 1. The largest absolute Gasteiger partial charge is 0.370 e. The van der Waals surface area contributed by atoms with Crippen LogP contribution in [0.1, 0.15) is 17.3 Å². The van der Waals surface area contributed by atoms with Gasteiger partial charge in [-0.15, -0.1) is 0 Å². The molecule has 1 aliphatic rings. The molecule has 1 amide bonds. The van der Waals surface area contributed by atoms with Crippen molar-refractivity contribution in [2.45, 2.75) is 13.0 Å². The summed E-state index contributed by atoms with van der Waals surface area (Å²) >= 11 is 0. The van der Waals surface area contributed by atoms with Gasteiger partial charge in [0.05, 0.1) is 0 Å². The summed E-state index contributed by atoms with van der Waals surface area (Å²) in [6.45, 7) is 4.00. The monoisotopic (exact) mass is 219 g/mol. The summed E-state index contributed by atoms with van der Waals surface area (Å²) in [5.74, 6) is 0.119. The molecule has 1 aliphatic heterocycles. The van der Waals surface area contributed by atoms with E-state index in [1.54, 1.807) is 12.1 Å². The van der Waals surface area contributed by atoms with E-state index in [0.717, 1.165) is 18.8 Å². The Morgan fingerprint density at radius 2 is 1.94 bits per heavy atom. The maximum absolute atomic E-state index is 10.9. The number of amides is 1. The van der Waals surface area contributed by atoms with E-state index >= 15 is 0 Å². The maximum atomic E-state index is 10.9. The maximum Gasteiger partial charge on any atom is 0.248 e. The van der Waals surface area contributed by atoms with Crippen LogP contribution in [-0.2, 0) is 0 Å². The van der Waals surface area contributed by atoms with Crippen LogP contribution in [-0.4, -0.2) is 25.0 Å². The second kappa shape index (κ2) is 4.14. The Labute approximate surface area is 95.2 Å². The molecule has 1 fully saturated rings. The van der Waals surface area contributed by atoms with E-state index in [2.05, 4.69) is 11.8 Å². The topological polar surface area (TPSA) is 72.3 Å². The van der Waals surface area contributed by atoms with E-state index in [-0.39, 0.29) is 6.04 Å². The number of hydrogen-bond acceptors (Lipinski definition) is 3. The fourth-order valence-electron chi connectivity index (χ4n) is 2.04. The molecular weight excluding hydrogens is 202 g/mol. The van der Waals surface area contributed by atoms with Crippen LogP contribution in [0.5, 0.6) is 0 Å². The molecule has 1 aromatic carbocycles. The first-order valence-corrected chi connectivity index (χ1v) is 5.48. The van der Waals surface area contributed by atoms with Gasteiger partial charge in [0.15, 0.2) is 0 Å². The van der Waals surface area contributed by atoms with E-state index in [1.807, 2.05) is 12.1 Å². The Hall–Kier alpha value is -1.55. The molecule has 0 saturated carbocycles. The minimum absolute atomic E-state index is 0.232. The number of nitrogens with zero attached hydrogens (tertiary/aromatic N) is 1. The molecule has 1 aromatic rings. The number of carbonyl (C=O) groups excluding carboxylic acids is 1. The van der Waals surface area contributed by atoms with Gasteiger partial charge in [-0.2, -0.15) is 0 Å². The van der Waals surface area contributed by atoms with E-state index in [9.17, 15) is 4.79 Å². The van der Waals surface area contributed by atoms with E-state index in [1.165, 1.54) is 0 Å². The molecule has 2 unspecified atom stereocenters. The quantitative estimate of drug-likeness (QED) is 0.763. The molecule has 1 saturated heterocycles. The molecule has 4 heteroatoms. The van der Waals surface area contributed by atoms with Gasteiger partial charge in [0.1, 0.15) is 0 Å². The van der Waals surface area contributed by atoms with Crippen LogP contribution in [0.3, 0.4) is 0 Å². The molecule has 86 valence electrons. The minimum Gasteiger partial charge on any atom is -0.370 e. The van der Waals surface area contributed by atoms with Gasteiger partial charge in [-0.3, -0.25) is 4.79 Å². The lowest BCUT2D eigenvalue weighted by Gasteiger charge is -2.18. The molecular formula is C12H17N3O. The second-order valence-electron chi connectivity index (χ2n) is 4.46. The fourth-order valence-corrected chi connectivity index (χ4v) is 2.04. The molecule has 0 aromatic heterocycles. The average Bonchev–Trinajstić information content (AvgIpc) is 2.59. The lowest BCUT2D eigenvalue weighted by Crippen LogP contribution is -2.28. The van der Waals surface area contributed by atoms with Gasteiger partial charge in [0.2, 0.25) is 5.91 Å². The molecule has 0 bridgehead atoms. The molecule has 4 nitrogen and oxygen atoms in total.